The van der Waals surface area contributed by atoms with E-state index in [0.29, 0.717) is 0 Å². The molecule has 0 N–H and O–H groups in total. The zero-order valence-electron chi connectivity index (χ0n) is 12.0. The molecule has 0 unspecified atom stereocenters. The molecule has 0 spiro atoms. The molecule has 0 bridgehead atoms. The van der Waals surface area contributed by atoms with Crippen LogP contribution in [0.5, 0.6) is 0 Å². The number of halogens is 1. The van der Waals surface area contributed by atoms with Crippen molar-refractivity contribution in [3.63, 3.8) is 0 Å². The maximum Gasteiger partial charge on any atom is -1.00 e. The molecular weight excluding hydrogens is 325 g/mol. The van der Waals surface area contributed by atoms with Crippen LogP contribution in [0.1, 0.15) is 58.2 Å². The van der Waals surface area contributed by atoms with Crippen LogP contribution in [0.25, 0.3) is 0 Å². The van der Waals surface area contributed by atoms with Crippen LogP contribution >= 0.6 is 0 Å². The number of hydrogen-bond acceptors (Lipinski definition) is 0. The van der Waals surface area contributed by atoms with Crippen LogP contribution in [-0.2, 0) is 34.1 Å². The number of hydrogen-bond donors (Lipinski definition) is 0. The molecule has 92 valence electrons. The first-order chi connectivity index (χ1) is 7.14. The summed E-state index contributed by atoms with van der Waals surface area (Å²) in [5.74, 6) is 0. The fourth-order valence-electron chi connectivity index (χ4n) is 1.70. The van der Waals surface area contributed by atoms with E-state index in [2.05, 4.69) is 59.7 Å². The van der Waals surface area contributed by atoms with Crippen molar-refractivity contribution < 1.29 is 35.3 Å². The van der Waals surface area contributed by atoms with Crippen LogP contribution < -0.4 is 17.0 Å². The Balaban J connectivity index is 0.00000256. The van der Waals surface area contributed by atoms with Crippen molar-refractivity contribution in [2.75, 3.05) is 0 Å². The van der Waals surface area contributed by atoms with Gasteiger partial charge in [0.1, 0.15) is 0 Å². The number of rotatable bonds is 1. The summed E-state index contributed by atoms with van der Waals surface area (Å²) in [5.41, 5.74) is 4.97. The Morgan fingerprint density at radius 3 is 1.41 bits per heavy atom. The van der Waals surface area contributed by atoms with E-state index in [1.807, 2.05) is 0 Å². The van der Waals surface area contributed by atoms with Gasteiger partial charge >= 0.3 is 111 Å². The van der Waals surface area contributed by atoms with Crippen molar-refractivity contribution in [2.45, 2.75) is 57.4 Å². The molecule has 0 nitrogen and oxygen atoms in total. The van der Waals surface area contributed by atoms with Gasteiger partial charge in [0.25, 0.3) is 0 Å². The van der Waals surface area contributed by atoms with E-state index in [1.165, 1.54) is 40.0 Å². The van der Waals surface area contributed by atoms with E-state index in [1.54, 1.807) is 0 Å². The Hall–Kier alpha value is 0.323. The molecule has 0 fully saturated rings. The van der Waals surface area contributed by atoms with E-state index in [9.17, 15) is 0 Å². The Labute approximate surface area is 127 Å². The maximum absolute atomic E-state index is 2.39. The SMILES string of the molecule is CC(C)(C)c1cc([CH2][Zn+])cc(C(C)(C)C)c1.[Br-]. The predicted molar refractivity (Wildman–Crippen MR) is 67.5 cm³/mol. The van der Waals surface area contributed by atoms with E-state index >= 15 is 0 Å². The smallest absolute Gasteiger partial charge is 1.00 e. The molecule has 0 amide bonds. The van der Waals surface area contributed by atoms with E-state index < -0.39 is 0 Å². The molecule has 1 aromatic rings. The maximum atomic E-state index is 2.39. The first-order valence-electron chi connectivity index (χ1n) is 6.09. The standard InChI is InChI=1S/C15H23.BrH.Zn/c1-11-8-12(14(2,3)4)10-13(9-11)15(5,6)7;;/h8-10H,1H2,2-7H3;1H;/q;;+1/p-1. The van der Waals surface area contributed by atoms with Crippen LogP contribution in [0.4, 0.5) is 0 Å². The Morgan fingerprint density at radius 1 is 0.824 bits per heavy atom. The Bertz CT molecular complexity index is 337. The minimum absolute atomic E-state index is 0. The second-order valence-electron chi connectivity index (χ2n) is 6.67. The zero-order chi connectivity index (χ0) is 12.6. The van der Waals surface area contributed by atoms with Gasteiger partial charge in [0.15, 0.2) is 0 Å². The molecule has 0 aromatic heterocycles. The molecule has 0 atom stereocenters. The minimum atomic E-state index is 0. The third-order valence-corrected chi connectivity index (χ3v) is 4.22. The summed E-state index contributed by atoms with van der Waals surface area (Å²) in [6.45, 7) is 13.8. The van der Waals surface area contributed by atoms with Gasteiger partial charge in [-0.05, 0) is 0 Å². The van der Waals surface area contributed by atoms with Crippen LogP contribution in [0.15, 0.2) is 18.2 Å². The molecule has 1 aromatic carbocycles. The van der Waals surface area contributed by atoms with Gasteiger partial charge in [0.05, 0.1) is 0 Å². The molecule has 0 radical (unpaired) electrons. The average molecular weight is 349 g/mol. The second-order valence-corrected chi connectivity index (χ2v) is 7.72. The molecule has 2 heteroatoms. The predicted octanol–water partition coefficient (Wildman–Crippen LogP) is 1.33. The van der Waals surface area contributed by atoms with Gasteiger partial charge in [0.2, 0.25) is 0 Å². The largest absolute Gasteiger partial charge is 1.00 e. The van der Waals surface area contributed by atoms with Crippen LogP contribution in [0, 0.1) is 0 Å². The summed E-state index contributed by atoms with van der Waals surface area (Å²) in [6.07, 6.45) is 0. The molecule has 0 aliphatic heterocycles. The molecule has 1 rings (SSSR count). The summed E-state index contributed by atoms with van der Waals surface area (Å²) in [4.78, 5) is 0. The summed E-state index contributed by atoms with van der Waals surface area (Å²) >= 11 is 1.34. The Morgan fingerprint density at radius 2 is 1.18 bits per heavy atom. The monoisotopic (exact) mass is 346 g/mol. The van der Waals surface area contributed by atoms with Crippen molar-refractivity contribution in [1.29, 1.82) is 0 Å². The topological polar surface area (TPSA) is 0 Å². The van der Waals surface area contributed by atoms with Crippen LogP contribution in [-0.4, -0.2) is 0 Å². The average Bonchev–Trinajstić information content (AvgIpc) is 2.14. The van der Waals surface area contributed by atoms with Crippen molar-refractivity contribution in [1.82, 2.24) is 0 Å². The van der Waals surface area contributed by atoms with Crippen molar-refractivity contribution in [2.24, 2.45) is 0 Å². The van der Waals surface area contributed by atoms with E-state index in [0.717, 1.165) is 0 Å². The molecule has 0 saturated heterocycles. The summed E-state index contributed by atoms with van der Waals surface area (Å²) in [6, 6.07) is 7.16. The molecule has 0 heterocycles. The molecule has 17 heavy (non-hydrogen) atoms. The molecule has 0 saturated carbocycles. The van der Waals surface area contributed by atoms with Gasteiger partial charge in [-0.25, -0.2) is 0 Å². The molecule has 0 aliphatic carbocycles. The summed E-state index contributed by atoms with van der Waals surface area (Å²) in [5, 5.41) is 1.24. The molecule has 0 aliphatic rings. The Kier molecular flexibility index (Phi) is 6.09. The fraction of sp³-hybridized carbons (Fsp3) is 0.600. The quantitative estimate of drug-likeness (QED) is 0.672. The first kappa shape index (κ1) is 17.3. The second kappa shape index (κ2) is 5.98. The number of benzene rings is 1. The van der Waals surface area contributed by atoms with Gasteiger partial charge < -0.3 is 17.0 Å². The third kappa shape index (κ3) is 4.83. The third-order valence-electron chi connectivity index (χ3n) is 3.01. The van der Waals surface area contributed by atoms with Crippen molar-refractivity contribution >= 4 is 0 Å². The summed E-state index contributed by atoms with van der Waals surface area (Å²) < 4.78 is 0. The van der Waals surface area contributed by atoms with E-state index in [4.69, 9.17) is 0 Å². The van der Waals surface area contributed by atoms with Gasteiger partial charge in [-0.2, -0.15) is 0 Å². The van der Waals surface area contributed by atoms with Gasteiger partial charge in [0, 0.05) is 0 Å². The van der Waals surface area contributed by atoms with Gasteiger partial charge in [-0.3, -0.25) is 0 Å². The molecular formula is C15H23BrZn. The van der Waals surface area contributed by atoms with Gasteiger partial charge in [-0.1, -0.05) is 0 Å². The van der Waals surface area contributed by atoms with Crippen molar-refractivity contribution in [3.8, 4) is 0 Å². The summed E-state index contributed by atoms with van der Waals surface area (Å²) in [7, 11) is 0. The van der Waals surface area contributed by atoms with Gasteiger partial charge in [-0.15, -0.1) is 0 Å². The van der Waals surface area contributed by atoms with E-state index in [-0.39, 0.29) is 27.8 Å². The van der Waals surface area contributed by atoms with Crippen molar-refractivity contribution in [3.05, 3.63) is 34.9 Å². The first-order valence-corrected chi connectivity index (χ1v) is 8.18. The minimum Gasteiger partial charge on any atom is -1.00 e. The van der Waals surface area contributed by atoms with Crippen LogP contribution in [0.2, 0.25) is 0 Å². The normalized spacial score (nSPS) is 12.2. The zero-order valence-corrected chi connectivity index (χ0v) is 16.6. The van der Waals surface area contributed by atoms with Crippen LogP contribution in [0.3, 0.4) is 0 Å². The fourth-order valence-corrected chi connectivity index (χ4v) is 2.31.